The Balaban J connectivity index is 0.000000338. The first-order chi connectivity index (χ1) is 17.7. The Bertz CT molecular complexity index is 1240. The van der Waals surface area contributed by atoms with Crippen molar-refractivity contribution in [1.82, 2.24) is 0 Å². The van der Waals surface area contributed by atoms with Gasteiger partial charge in [0.05, 0.1) is 19.3 Å². The maximum atomic E-state index is 10.4. The van der Waals surface area contributed by atoms with E-state index in [2.05, 4.69) is 50.5 Å². The number of nitro groups is 1. The van der Waals surface area contributed by atoms with Crippen molar-refractivity contribution in [2.75, 3.05) is 13.2 Å². The predicted molar refractivity (Wildman–Crippen MR) is 150 cm³/mol. The SMILES string of the molecule is N#Cc1c[c-]c(C(=O)O)cc1[N+](=O)[O-].Pc1cccc2c1-c1c(P)cccc1OCCCO2.[CH2-]CC[CH2-].[Ir+3]. The Hall–Kier alpha value is -2.87. The number of nitrogens with zero attached hydrogens (tertiary/aromatic N) is 2. The first kappa shape index (κ1) is 33.2. The summed E-state index contributed by atoms with van der Waals surface area (Å²) in [7, 11) is 5.57. The molecular weight excluding hydrogens is 702 g/mol. The first-order valence-electron chi connectivity index (χ1n) is 11.2. The van der Waals surface area contributed by atoms with Crippen molar-refractivity contribution in [2.45, 2.75) is 19.3 Å². The second-order valence-corrected chi connectivity index (χ2v) is 8.76. The number of carbonyl (C=O) groups is 1. The molecule has 1 aliphatic rings. The van der Waals surface area contributed by atoms with Gasteiger partial charge in [0, 0.05) is 28.0 Å². The monoisotopic (exact) mass is 730 g/mol. The molecule has 1 N–H and O–H groups in total. The molecule has 0 amide bonds. The summed E-state index contributed by atoms with van der Waals surface area (Å²) < 4.78 is 11.8. The van der Waals surface area contributed by atoms with Gasteiger partial charge >= 0.3 is 20.1 Å². The van der Waals surface area contributed by atoms with Gasteiger partial charge < -0.3 is 33.2 Å². The molecule has 2 unspecified atom stereocenters. The number of carboxylic acid groups (broad SMARTS) is 1. The topological polar surface area (TPSA) is 123 Å². The van der Waals surface area contributed by atoms with Gasteiger partial charge in [-0.1, -0.05) is 35.9 Å². The van der Waals surface area contributed by atoms with Crippen LogP contribution in [-0.4, -0.2) is 29.2 Å². The van der Waals surface area contributed by atoms with E-state index in [1.807, 2.05) is 24.3 Å². The number of nitro benzene ring substituents is 1. The van der Waals surface area contributed by atoms with Crippen LogP contribution in [0.3, 0.4) is 0 Å². The van der Waals surface area contributed by atoms with E-state index < -0.39 is 16.6 Å². The number of unbranched alkanes of at least 4 members (excludes halogenated alkanes) is 1. The van der Waals surface area contributed by atoms with Crippen molar-refractivity contribution < 1.29 is 44.4 Å². The van der Waals surface area contributed by atoms with Gasteiger partial charge in [-0.15, -0.1) is 30.6 Å². The minimum atomic E-state index is -1.32. The summed E-state index contributed by atoms with van der Waals surface area (Å²) >= 11 is 0. The first-order valence-corrected chi connectivity index (χ1v) is 12.4. The molecule has 8 nitrogen and oxygen atoms in total. The maximum Gasteiger partial charge on any atom is 3.00 e. The van der Waals surface area contributed by atoms with Gasteiger partial charge in [-0.25, -0.2) is 18.1 Å². The van der Waals surface area contributed by atoms with Crippen molar-refractivity contribution >= 4 is 40.7 Å². The third-order valence-corrected chi connectivity index (χ3v) is 5.86. The molecule has 3 aromatic carbocycles. The quantitative estimate of drug-likeness (QED) is 0.176. The second-order valence-electron chi connectivity index (χ2n) is 7.52. The Morgan fingerprint density at radius 3 is 1.97 bits per heavy atom. The van der Waals surface area contributed by atoms with E-state index in [9.17, 15) is 14.9 Å². The van der Waals surface area contributed by atoms with Crippen LogP contribution in [-0.2, 0) is 20.1 Å². The van der Waals surface area contributed by atoms with E-state index in [1.165, 1.54) is 0 Å². The minimum absolute atomic E-state index is 0. The van der Waals surface area contributed by atoms with Crippen LogP contribution >= 0.6 is 18.5 Å². The molecule has 0 aromatic heterocycles. The Morgan fingerprint density at radius 1 is 1.08 bits per heavy atom. The van der Waals surface area contributed by atoms with Crippen LogP contribution in [0.5, 0.6) is 11.5 Å². The average Bonchev–Trinajstić information content (AvgIpc) is 2.98. The molecule has 200 valence electrons. The summed E-state index contributed by atoms with van der Waals surface area (Å²) in [6, 6.07) is 17.9. The number of fused-ring (bicyclic) bond motifs is 3. The van der Waals surface area contributed by atoms with Crippen LogP contribution in [0.2, 0.25) is 0 Å². The van der Waals surface area contributed by atoms with Crippen molar-refractivity contribution in [1.29, 1.82) is 5.26 Å². The Kier molecular flexibility index (Phi) is 14.7. The molecule has 0 saturated heterocycles. The third kappa shape index (κ3) is 9.15. The molecule has 4 rings (SSSR count). The second kappa shape index (κ2) is 16.9. The van der Waals surface area contributed by atoms with Gasteiger partial charge in [0.2, 0.25) is 11.7 Å². The Morgan fingerprint density at radius 2 is 1.58 bits per heavy atom. The zero-order valence-electron chi connectivity index (χ0n) is 20.4. The summed E-state index contributed by atoms with van der Waals surface area (Å²) in [5.74, 6) is 0.529. The molecule has 2 atom stereocenters. The van der Waals surface area contributed by atoms with Gasteiger partial charge in [0.1, 0.15) is 11.5 Å². The number of nitriles is 1. The number of hydrogen-bond acceptors (Lipinski definition) is 6. The van der Waals surface area contributed by atoms with E-state index in [4.69, 9.17) is 19.8 Å². The fourth-order valence-electron chi connectivity index (χ4n) is 3.14. The number of carboxylic acids is 1. The predicted octanol–water partition coefficient (Wildman–Crippen LogP) is 4.91. The number of aromatic carboxylic acids is 1. The minimum Gasteiger partial charge on any atom is -0.521 e. The third-order valence-electron chi connectivity index (χ3n) is 4.90. The van der Waals surface area contributed by atoms with Gasteiger partial charge in [-0.2, -0.15) is 0 Å². The number of rotatable bonds is 3. The largest absolute Gasteiger partial charge is 3.00 e. The van der Waals surface area contributed by atoms with Crippen molar-refractivity contribution in [3.63, 3.8) is 0 Å². The zero-order chi connectivity index (χ0) is 27.4. The molecule has 11 heteroatoms. The number of hydrogen-bond donors (Lipinski definition) is 1. The van der Waals surface area contributed by atoms with Crippen molar-refractivity contribution in [3.05, 3.63) is 89.7 Å². The molecule has 1 heterocycles. The fourth-order valence-corrected chi connectivity index (χ4v) is 3.93. The van der Waals surface area contributed by atoms with E-state index in [0.717, 1.165) is 64.6 Å². The molecular formula is C27H27IrN2O6P2. The normalized spacial score (nSPS) is 11.1. The van der Waals surface area contributed by atoms with E-state index in [-0.39, 0.29) is 31.2 Å². The summed E-state index contributed by atoms with van der Waals surface area (Å²) in [6.07, 6.45) is 2.81. The van der Waals surface area contributed by atoms with E-state index in [0.29, 0.717) is 13.2 Å². The molecule has 0 aliphatic carbocycles. The number of benzene rings is 3. The maximum absolute atomic E-state index is 10.4. The van der Waals surface area contributed by atoms with Crippen molar-refractivity contribution in [3.8, 4) is 28.7 Å². The van der Waals surface area contributed by atoms with Gasteiger partial charge in [-0.3, -0.25) is 10.1 Å². The molecule has 0 saturated carbocycles. The van der Waals surface area contributed by atoms with E-state index in [1.54, 1.807) is 6.07 Å². The molecule has 1 aliphatic heterocycles. The molecule has 3 aromatic rings. The summed E-state index contributed by atoms with van der Waals surface area (Å²) in [5.41, 5.74) is 1.14. The van der Waals surface area contributed by atoms with Gasteiger partial charge in [-0.05, 0) is 22.7 Å². The van der Waals surface area contributed by atoms with Crippen LogP contribution in [0.15, 0.2) is 48.5 Å². The summed E-state index contributed by atoms with van der Waals surface area (Å²) in [5, 5.41) is 29.6. The summed E-state index contributed by atoms with van der Waals surface area (Å²) in [4.78, 5) is 20.0. The molecule has 0 spiro atoms. The summed E-state index contributed by atoms with van der Waals surface area (Å²) in [6.45, 7) is 8.45. The van der Waals surface area contributed by atoms with Crippen LogP contribution in [0.4, 0.5) is 5.69 Å². The Labute approximate surface area is 240 Å². The smallest absolute Gasteiger partial charge is 0.521 e. The van der Waals surface area contributed by atoms with Gasteiger partial charge in [0.15, 0.2) is 0 Å². The molecule has 0 bridgehead atoms. The van der Waals surface area contributed by atoms with Crippen LogP contribution in [0.1, 0.15) is 35.2 Å². The van der Waals surface area contributed by atoms with Crippen LogP contribution in [0.25, 0.3) is 11.1 Å². The van der Waals surface area contributed by atoms with Gasteiger partial charge in [0.25, 0.3) is 0 Å². The average molecular weight is 730 g/mol. The van der Waals surface area contributed by atoms with Crippen molar-refractivity contribution in [2.24, 2.45) is 0 Å². The molecule has 0 radical (unpaired) electrons. The standard InChI is InChI=1S/C15H16O2P2.C8H3N2O4.C4H8.Ir/c18-12-6-1-4-10-14(12)15-11(5-2-7-13(15)19)17-9-3-8-16-10;9-4-6-2-1-5(8(11)12)3-7(6)10(13)14;1-3-4-2;/h1-2,4-7H,3,8-9,18-19H2;2-3H,(H,11,12);1-4H2;/q;-1;-2;+3. The molecule has 38 heavy (non-hydrogen) atoms. The fraction of sp³-hybridized carbons (Fsp3) is 0.185. The van der Waals surface area contributed by atoms with Crippen LogP contribution in [0, 0.1) is 41.4 Å². The molecule has 0 fully saturated rings. The number of ether oxygens (including phenoxy) is 2. The zero-order valence-corrected chi connectivity index (χ0v) is 25.1. The van der Waals surface area contributed by atoms with Crippen LogP contribution < -0.4 is 20.1 Å². The van der Waals surface area contributed by atoms with E-state index >= 15 is 0 Å².